The van der Waals surface area contributed by atoms with Gasteiger partial charge in [-0.2, -0.15) is 0 Å². The number of hydrogen-bond donors (Lipinski definition) is 3. The maximum atomic E-state index is 11.8. The Balaban J connectivity index is 2.02. The summed E-state index contributed by atoms with van der Waals surface area (Å²) in [5, 5.41) is 15.0. The minimum Gasteiger partial charge on any atom is -0.462 e. The fraction of sp³-hybridized carbons (Fsp3) is 0.312. The van der Waals surface area contributed by atoms with Gasteiger partial charge < -0.3 is 20.2 Å². The van der Waals surface area contributed by atoms with Gasteiger partial charge in [0.15, 0.2) is 0 Å². The van der Waals surface area contributed by atoms with Crippen LogP contribution in [0.3, 0.4) is 0 Å². The Hall–Kier alpha value is -2.27. The molecule has 0 saturated heterocycles. The highest BCUT2D eigenvalue weighted by Crippen LogP contribution is 2.18. The molecule has 0 spiro atoms. The van der Waals surface area contributed by atoms with Crippen LogP contribution in [0.15, 0.2) is 34.7 Å². The van der Waals surface area contributed by atoms with Gasteiger partial charge in [-0.05, 0) is 49.7 Å². The van der Waals surface area contributed by atoms with Crippen LogP contribution in [0.4, 0.5) is 5.69 Å². The minimum absolute atomic E-state index is 0.0641. The molecule has 1 amide bonds. The highest BCUT2D eigenvalue weighted by molar-refractivity contribution is 5.94. The average Bonchev–Trinajstić information content (AvgIpc) is 2.94. The van der Waals surface area contributed by atoms with Crippen molar-refractivity contribution in [3.05, 3.63) is 53.0 Å². The molecular formula is C16H20N2O3. The summed E-state index contributed by atoms with van der Waals surface area (Å²) in [5.41, 5.74) is 2.60. The van der Waals surface area contributed by atoms with Crippen molar-refractivity contribution in [3.63, 3.8) is 0 Å². The van der Waals surface area contributed by atoms with E-state index in [1.807, 2.05) is 32.0 Å². The molecule has 2 rings (SSSR count). The third-order valence-electron chi connectivity index (χ3n) is 3.15. The Labute approximate surface area is 124 Å². The summed E-state index contributed by atoms with van der Waals surface area (Å²) < 4.78 is 5.41. The van der Waals surface area contributed by atoms with Crippen LogP contribution >= 0.6 is 0 Å². The molecule has 1 aromatic carbocycles. The lowest BCUT2D eigenvalue weighted by molar-refractivity contribution is 0.0956. The molecule has 112 valence electrons. The van der Waals surface area contributed by atoms with E-state index in [0.717, 1.165) is 17.0 Å². The Morgan fingerprint density at radius 1 is 1.24 bits per heavy atom. The van der Waals surface area contributed by atoms with Gasteiger partial charge in [0.25, 0.3) is 5.91 Å². The second kappa shape index (κ2) is 6.95. The first-order chi connectivity index (χ1) is 10.1. The van der Waals surface area contributed by atoms with Crippen molar-refractivity contribution in [1.29, 1.82) is 0 Å². The van der Waals surface area contributed by atoms with Crippen LogP contribution < -0.4 is 10.6 Å². The SMILES string of the molecule is CCNC(=O)c1ccc(NCc2ccc(CO)o2)c(C)c1. The molecule has 5 heteroatoms. The highest BCUT2D eigenvalue weighted by atomic mass is 16.4. The van der Waals surface area contributed by atoms with Gasteiger partial charge in [0, 0.05) is 17.8 Å². The molecule has 0 bridgehead atoms. The Kier molecular flexibility index (Phi) is 5.00. The van der Waals surface area contributed by atoms with Crippen LogP contribution in [-0.2, 0) is 13.2 Å². The Morgan fingerprint density at radius 3 is 2.62 bits per heavy atom. The first kappa shape index (κ1) is 15.1. The van der Waals surface area contributed by atoms with E-state index in [2.05, 4.69) is 10.6 Å². The number of furan rings is 1. The lowest BCUT2D eigenvalue weighted by atomic mass is 10.1. The Bertz CT molecular complexity index is 620. The average molecular weight is 288 g/mol. The predicted molar refractivity (Wildman–Crippen MR) is 81.1 cm³/mol. The van der Waals surface area contributed by atoms with Crippen molar-refractivity contribution < 1.29 is 14.3 Å². The number of rotatable bonds is 6. The minimum atomic E-state index is -0.0970. The van der Waals surface area contributed by atoms with Gasteiger partial charge in [-0.25, -0.2) is 0 Å². The summed E-state index contributed by atoms with van der Waals surface area (Å²) >= 11 is 0. The van der Waals surface area contributed by atoms with Crippen LogP contribution in [-0.4, -0.2) is 17.6 Å². The van der Waals surface area contributed by atoms with Gasteiger partial charge in [-0.1, -0.05) is 0 Å². The van der Waals surface area contributed by atoms with Crippen molar-refractivity contribution in [1.82, 2.24) is 5.32 Å². The van der Waals surface area contributed by atoms with Crippen molar-refractivity contribution >= 4 is 11.6 Å². The zero-order valence-corrected chi connectivity index (χ0v) is 12.3. The molecule has 0 aliphatic rings. The number of aryl methyl sites for hydroxylation is 1. The lowest BCUT2D eigenvalue weighted by Crippen LogP contribution is -2.22. The monoisotopic (exact) mass is 288 g/mol. The number of aliphatic hydroxyl groups excluding tert-OH is 1. The van der Waals surface area contributed by atoms with Crippen molar-refractivity contribution in [2.24, 2.45) is 0 Å². The lowest BCUT2D eigenvalue weighted by Gasteiger charge is -2.10. The van der Waals surface area contributed by atoms with Gasteiger partial charge in [-0.15, -0.1) is 0 Å². The molecule has 1 heterocycles. The summed E-state index contributed by atoms with van der Waals surface area (Å²) in [6.45, 7) is 4.89. The van der Waals surface area contributed by atoms with Crippen LogP contribution in [0.5, 0.6) is 0 Å². The molecule has 5 nitrogen and oxygen atoms in total. The molecule has 0 aliphatic carbocycles. The summed E-state index contributed by atoms with van der Waals surface area (Å²) in [4.78, 5) is 11.8. The molecule has 0 unspecified atom stereocenters. The Morgan fingerprint density at radius 2 is 2.00 bits per heavy atom. The second-order valence-corrected chi connectivity index (χ2v) is 4.77. The molecule has 21 heavy (non-hydrogen) atoms. The first-order valence-corrected chi connectivity index (χ1v) is 6.95. The summed E-state index contributed by atoms with van der Waals surface area (Å²) in [5.74, 6) is 1.24. The van der Waals surface area contributed by atoms with Crippen molar-refractivity contribution in [2.45, 2.75) is 27.0 Å². The number of aliphatic hydroxyl groups is 1. The van der Waals surface area contributed by atoms with E-state index in [1.165, 1.54) is 0 Å². The first-order valence-electron chi connectivity index (χ1n) is 6.95. The van der Waals surface area contributed by atoms with Crippen LogP contribution in [0.25, 0.3) is 0 Å². The number of amides is 1. The quantitative estimate of drug-likeness (QED) is 0.763. The standard InChI is InChI=1S/C16H20N2O3/c1-3-17-16(20)12-4-7-15(11(2)8-12)18-9-13-5-6-14(10-19)21-13/h4-8,18-19H,3,9-10H2,1-2H3,(H,17,20). The van der Waals surface area contributed by atoms with Gasteiger partial charge in [0.1, 0.15) is 18.1 Å². The zero-order chi connectivity index (χ0) is 15.2. The molecule has 0 aliphatic heterocycles. The third-order valence-corrected chi connectivity index (χ3v) is 3.15. The van der Waals surface area contributed by atoms with E-state index in [4.69, 9.17) is 9.52 Å². The molecule has 2 aromatic rings. The van der Waals surface area contributed by atoms with E-state index in [0.29, 0.717) is 24.4 Å². The molecular weight excluding hydrogens is 268 g/mol. The molecule has 3 N–H and O–H groups in total. The summed E-state index contributed by atoms with van der Waals surface area (Å²) in [6.07, 6.45) is 0. The van der Waals surface area contributed by atoms with E-state index < -0.39 is 0 Å². The van der Waals surface area contributed by atoms with E-state index in [1.54, 1.807) is 12.1 Å². The summed E-state index contributed by atoms with van der Waals surface area (Å²) in [6, 6.07) is 9.12. The smallest absolute Gasteiger partial charge is 0.251 e. The molecule has 0 fully saturated rings. The summed E-state index contributed by atoms with van der Waals surface area (Å²) in [7, 11) is 0. The van der Waals surface area contributed by atoms with Crippen molar-refractivity contribution in [2.75, 3.05) is 11.9 Å². The third kappa shape index (κ3) is 3.86. The number of nitrogens with one attached hydrogen (secondary N) is 2. The normalized spacial score (nSPS) is 10.4. The molecule has 0 atom stereocenters. The van der Waals surface area contributed by atoms with E-state index in [9.17, 15) is 4.79 Å². The van der Waals surface area contributed by atoms with Gasteiger partial charge in [0.05, 0.1) is 6.54 Å². The van der Waals surface area contributed by atoms with Gasteiger partial charge >= 0.3 is 0 Å². The van der Waals surface area contributed by atoms with Gasteiger partial charge in [-0.3, -0.25) is 4.79 Å². The zero-order valence-electron chi connectivity index (χ0n) is 12.3. The highest BCUT2D eigenvalue weighted by Gasteiger charge is 2.07. The maximum absolute atomic E-state index is 11.8. The van der Waals surface area contributed by atoms with Gasteiger partial charge in [0.2, 0.25) is 0 Å². The van der Waals surface area contributed by atoms with Crippen molar-refractivity contribution in [3.8, 4) is 0 Å². The molecule has 0 radical (unpaired) electrons. The predicted octanol–water partition coefficient (Wildman–Crippen LogP) is 2.44. The number of carbonyl (C=O) groups is 1. The van der Waals surface area contributed by atoms with E-state index in [-0.39, 0.29) is 12.5 Å². The maximum Gasteiger partial charge on any atom is 0.251 e. The number of carbonyl (C=O) groups excluding carboxylic acids is 1. The fourth-order valence-electron chi connectivity index (χ4n) is 2.05. The van der Waals surface area contributed by atoms with Crippen LogP contribution in [0.2, 0.25) is 0 Å². The fourth-order valence-corrected chi connectivity index (χ4v) is 2.05. The topological polar surface area (TPSA) is 74.5 Å². The number of benzene rings is 1. The molecule has 1 aromatic heterocycles. The number of hydrogen-bond acceptors (Lipinski definition) is 4. The number of anilines is 1. The van der Waals surface area contributed by atoms with Crippen LogP contribution in [0.1, 0.15) is 34.4 Å². The molecule has 0 saturated carbocycles. The second-order valence-electron chi connectivity index (χ2n) is 4.77. The van der Waals surface area contributed by atoms with Crippen LogP contribution in [0, 0.1) is 6.92 Å². The largest absolute Gasteiger partial charge is 0.462 e. The van der Waals surface area contributed by atoms with E-state index >= 15 is 0 Å².